The highest BCUT2D eigenvalue weighted by molar-refractivity contribution is 5.95. The van der Waals surface area contributed by atoms with Crippen LogP contribution in [0.4, 0.5) is 9.18 Å². The number of likely N-dealkylation sites (tertiary alicyclic amines) is 1. The van der Waals surface area contributed by atoms with Gasteiger partial charge in [-0.05, 0) is 83.4 Å². The van der Waals surface area contributed by atoms with Gasteiger partial charge in [0.2, 0.25) is 11.8 Å². The Kier molecular flexibility index (Phi) is 8.71. The van der Waals surface area contributed by atoms with Crippen LogP contribution in [0.25, 0.3) is 10.9 Å². The second-order valence-electron chi connectivity index (χ2n) is 12.0. The topological polar surface area (TPSA) is 127 Å². The van der Waals surface area contributed by atoms with Gasteiger partial charge in [-0.25, -0.2) is 9.18 Å². The van der Waals surface area contributed by atoms with Gasteiger partial charge in [-0.3, -0.25) is 9.59 Å². The average molecular weight is 554 g/mol. The zero-order valence-electron chi connectivity index (χ0n) is 23.9. The zero-order chi connectivity index (χ0) is 29.1. The number of aryl methyl sites for hydroxylation is 2. The minimum atomic E-state index is -1.50. The number of hydrogen-bond donors (Lipinski definition) is 3. The summed E-state index contributed by atoms with van der Waals surface area (Å²) in [7, 11) is 0. The molecule has 2 fully saturated rings. The Morgan fingerprint density at radius 3 is 2.73 bits per heavy atom. The van der Waals surface area contributed by atoms with Crippen molar-refractivity contribution in [2.24, 2.45) is 0 Å². The average Bonchev–Trinajstić information content (AvgIpc) is 3.51. The molecule has 3 amide bonds. The van der Waals surface area contributed by atoms with Crippen LogP contribution in [0.5, 0.6) is 0 Å². The third-order valence-corrected chi connectivity index (χ3v) is 7.97. The normalized spacial score (nSPS) is 23.1. The van der Waals surface area contributed by atoms with Gasteiger partial charge in [-0.15, -0.1) is 0 Å². The third kappa shape index (κ3) is 6.40. The van der Waals surface area contributed by atoms with Gasteiger partial charge in [0.25, 0.3) is 0 Å². The van der Waals surface area contributed by atoms with E-state index in [-0.39, 0.29) is 24.8 Å². The molecule has 9 nitrogen and oxygen atoms in total. The van der Waals surface area contributed by atoms with E-state index >= 15 is 0 Å². The molecule has 3 N–H and O–H groups in total. The third-order valence-electron chi connectivity index (χ3n) is 7.97. The number of rotatable bonds is 8. The van der Waals surface area contributed by atoms with Crippen molar-refractivity contribution in [2.75, 3.05) is 13.2 Å². The number of piperidine rings is 1. The molecule has 1 aromatic carbocycles. The number of nitriles is 1. The van der Waals surface area contributed by atoms with Gasteiger partial charge in [0.1, 0.15) is 17.8 Å². The van der Waals surface area contributed by atoms with Crippen LogP contribution < -0.4 is 10.6 Å². The van der Waals surface area contributed by atoms with Crippen LogP contribution >= 0.6 is 0 Å². The van der Waals surface area contributed by atoms with Gasteiger partial charge in [-0.1, -0.05) is 13.0 Å². The van der Waals surface area contributed by atoms with E-state index in [2.05, 4.69) is 28.6 Å². The molecule has 40 heavy (non-hydrogen) atoms. The lowest BCUT2D eigenvalue weighted by molar-refractivity contribution is -0.141. The van der Waals surface area contributed by atoms with E-state index in [1.165, 1.54) is 5.56 Å². The molecule has 0 unspecified atom stereocenters. The summed E-state index contributed by atoms with van der Waals surface area (Å²) in [5, 5.41) is 15.7. The Morgan fingerprint density at radius 1 is 1.30 bits per heavy atom. The van der Waals surface area contributed by atoms with Crippen molar-refractivity contribution in [2.45, 2.75) is 102 Å². The molecular formula is C30H40FN5O4. The number of aromatic amines is 1. The first-order chi connectivity index (χ1) is 19.0. The number of carbonyl (C=O) groups excluding carboxylic acids is 3. The number of H-pyrrole nitrogens is 1. The lowest BCUT2D eigenvalue weighted by atomic mass is 9.83. The first-order valence-electron chi connectivity index (χ1n) is 14.2. The quantitative estimate of drug-likeness (QED) is 0.446. The fraction of sp³-hybridized carbons (Fsp3) is 0.600. The number of fused-ring (bicyclic) bond motifs is 1. The molecule has 4 rings (SSSR count). The number of ether oxygens (including phenoxy) is 1. The number of alkyl halides is 1. The van der Waals surface area contributed by atoms with Gasteiger partial charge in [-0.2, -0.15) is 5.26 Å². The molecule has 1 aromatic heterocycles. The molecule has 0 bridgehead atoms. The van der Waals surface area contributed by atoms with Crippen LogP contribution in [-0.4, -0.2) is 64.2 Å². The molecule has 216 valence electrons. The standard InChI is InChI=1S/C30H40FN5O4/c1-5-22-23-10-8-19(18-32)15-25(23)34-24(22)11-9-21-7-6-14-36(21)26(37)16-30(35-28(39)40-29(2,3)4)13-12-20(17-31)33-27(30)38/h8,10,15,20-21,34H,5-7,9,11-14,16-17H2,1-4H3,(H,33,38)(H,35,39)/t20-,21-,30-/m0/s1. The van der Waals surface area contributed by atoms with Crippen LogP contribution in [0.1, 0.15) is 83.0 Å². The lowest BCUT2D eigenvalue weighted by Crippen LogP contribution is -2.66. The Bertz CT molecular complexity index is 1310. The molecule has 0 saturated carbocycles. The summed E-state index contributed by atoms with van der Waals surface area (Å²) in [6.45, 7) is 7.15. The number of nitrogens with one attached hydrogen (secondary N) is 3. The van der Waals surface area contributed by atoms with Crippen molar-refractivity contribution in [1.29, 1.82) is 5.26 Å². The van der Waals surface area contributed by atoms with E-state index in [4.69, 9.17) is 4.74 Å². The maximum atomic E-state index is 13.7. The Hall–Kier alpha value is -3.61. The predicted octanol–water partition coefficient (Wildman–Crippen LogP) is 4.43. The molecule has 3 atom stereocenters. The molecule has 0 spiro atoms. The SMILES string of the molecule is CCc1c(CC[C@@H]2CCCN2C(=O)C[C@@]2(NC(=O)OC(C)(C)C)CC[C@@H](CF)NC2=O)[nH]c2cc(C#N)ccc12. The molecule has 3 heterocycles. The number of halogens is 1. The number of amides is 3. The highest BCUT2D eigenvalue weighted by Gasteiger charge is 2.48. The highest BCUT2D eigenvalue weighted by atomic mass is 19.1. The first-order valence-corrected chi connectivity index (χ1v) is 14.2. The van der Waals surface area contributed by atoms with Crippen LogP contribution in [0, 0.1) is 11.3 Å². The predicted molar refractivity (Wildman–Crippen MR) is 149 cm³/mol. The van der Waals surface area contributed by atoms with Gasteiger partial charge in [0, 0.05) is 29.2 Å². The Morgan fingerprint density at radius 2 is 2.08 bits per heavy atom. The number of nitrogens with zero attached hydrogens (tertiary/aromatic N) is 2. The summed E-state index contributed by atoms with van der Waals surface area (Å²) in [6, 6.07) is 7.23. The van der Waals surface area contributed by atoms with E-state index in [0.29, 0.717) is 18.5 Å². The Balaban J connectivity index is 1.48. The van der Waals surface area contributed by atoms with E-state index < -0.39 is 35.9 Å². The van der Waals surface area contributed by atoms with Crippen molar-refractivity contribution in [3.63, 3.8) is 0 Å². The number of hydrogen-bond acceptors (Lipinski definition) is 5. The van der Waals surface area contributed by atoms with Gasteiger partial charge in [0.05, 0.1) is 24.1 Å². The van der Waals surface area contributed by atoms with Crippen LogP contribution in [0.15, 0.2) is 18.2 Å². The van der Waals surface area contributed by atoms with Gasteiger partial charge >= 0.3 is 6.09 Å². The van der Waals surface area contributed by atoms with E-state index in [1.54, 1.807) is 20.8 Å². The van der Waals surface area contributed by atoms with Crippen molar-refractivity contribution >= 4 is 28.8 Å². The Labute approximate surface area is 234 Å². The molecule has 2 saturated heterocycles. The lowest BCUT2D eigenvalue weighted by Gasteiger charge is -2.40. The number of benzene rings is 1. The van der Waals surface area contributed by atoms with Crippen LogP contribution in [0.2, 0.25) is 0 Å². The molecule has 0 aliphatic carbocycles. The minimum absolute atomic E-state index is 0.00195. The molecular weight excluding hydrogens is 513 g/mol. The van der Waals surface area contributed by atoms with Crippen LogP contribution in [-0.2, 0) is 27.2 Å². The molecule has 0 radical (unpaired) electrons. The minimum Gasteiger partial charge on any atom is -0.444 e. The van der Waals surface area contributed by atoms with Crippen molar-refractivity contribution < 1.29 is 23.5 Å². The highest BCUT2D eigenvalue weighted by Crippen LogP contribution is 2.31. The maximum Gasteiger partial charge on any atom is 0.408 e. The number of alkyl carbamates (subject to hydrolysis) is 1. The van der Waals surface area contributed by atoms with Gasteiger partial charge < -0.3 is 25.3 Å². The number of aromatic nitrogens is 1. The second-order valence-corrected chi connectivity index (χ2v) is 12.0. The van der Waals surface area contributed by atoms with E-state index in [1.807, 2.05) is 23.1 Å². The molecule has 2 aromatic rings. The molecule has 2 aliphatic rings. The van der Waals surface area contributed by atoms with Gasteiger partial charge in [0.15, 0.2) is 0 Å². The summed E-state index contributed by atoms with van der Waals surface area (Å²) >= 11 is 0. The fourth-order valence-electron chi connectivity index (χ4n) is 6.01. The monoisotopic (exact) mass is 553 g/mol. The molecule has 2 aliphatic heterocycles. The summed E-state index contributed by atoms with van der Waals surface area (Å²) < 4.78 is 18.7. The van der Waals surface area contributed by atoms with Crippen molar-refractivity contribution in [3.8, 4) is 6.07 Å². The summed E-state index contributed by atoms with van der Waals surface area (Å²) in [5.74, 6) is -0.766. The largest absolute Gasteiger partial charge is 0.444 e. The summed E-state index contributed by atoms with van der Waals surface area (Å²) in [5.41, 5.74) is 1.60. The van der Waals surface area contributed by atoms with Crippen molar-refractivity contribution in [1.82, 2.24) is 20.5 Å². The van der Waals surface area contributed by atoms with E-state index in [0.717, 1.165) is 48.7 Å². The smallest absolute Gasteiger partial charge is 0.408 e. The number of carbonyl (C=O) groups is 3. The summed E-state index contributed by atoms with van der Waals surface area (Å²) in [4.78, 5) is 44.9. The fourth-order valence-corrected chi connectivity index (χ4v) is 6.01. The maximum absolute atomic E-state index is 13.7. The van der Waals surface area contributed by atoms with E-state index in [9.17, 15) is 24.0 Å². The molecule has 10 heteroatoms. The van der Waals surface area contributed by atoms with Crippen LogP contribution in [0.3, 0.4) is 0 Å². The summed E-state index contributed by atoms with van der Waals surface area (Å²) in [6.07, 6.45) is 3.52. The first kappa shape index (κ1) is 29.4. The second kappa shape index (κ2) is 11.9. The van der Waals surface area contributed by atoms with Crippen molar-refractivity contribution in [3.05, 3.63) is 35.0 Å². The zero-order valence-corrected chi connectivity index (χ0v) is 23.9.